The number of aliphatic hydroxyl groups excluding tert-OH is 1. The highest BCUT2D eigenvalue weighted by Crippen LogP contribution is 2.36. The van der Waals surface area contributed by atoms with Crippen molar-refractivity contribution < 1.29 is 66.9 Å². The smallest absolute Gasteiger partial charge is 0.338 e. The molecule has 0 radical (unpaired) electrons. The highest BCUT2D eigenvalue weighted by molar-refractivity contribution is 5.90. The van der Waals surface area contributed by atoms with E-state index in [0.717, 1.165) is 22.3 Å². The highest BCUT2D eigenvalue weighted by atomic mass is 16.8. The van der Waals surface area contributed by atoms with Gasteiger partial charge >= 0.3 is 17.9 Å². The van der Waals surface area contributed by atoms with Crippen molar-refractivity contribution in [2.24, 2.45) is 0 Å². The quantitative estimate of drug-likeness (QED) is 0.0505. The van der Waals surface area contributed by atoms with E-state index in [-0.39, 0.29) is 49.7 Å². The van der Waals surface area contributed by atoms with E-state index in [2.05, 4.69) is 0 Å². The highest BCUT2D eigenvalue weighted by Gasteiger charge is 2.56. The summed E-state index contributed by atoms with van der Waals surface area (Å²) >= 11 is 0. The zero-order chi connectivity index (χ0) is 51.6. The second kappa shape index (κ2) is 26.7. The predicted molar refractivity (Wildman–Crippen MR) is 274 cm³/mol. The molecule has 14 nitrogen and oxygen atoms in total. The number of carbonyl (C=O) groups is 3. The monoisotopic (exact) mass is 1010 g/mol. The second-order valence-electron chi connectivity index (χ2n) is 17.9. The van der Waals surface area contributed by atoms with Crippen molar-refractivity contribution in [1.82, 2.24) is 0 Å². The van der Waals surface area contributed by atoms with Crippen molar-refractivity contribution in [2.75, 3.05) is 13.2 Å². The second-order valence-corrected chi connectivity index (χ2v) is 17.9. The summed E-state index contributed by atoms with van der Waals surface area (Å²) in [4.78, 5) is 41.8. The molecule has 2 heterocycles. The molecule has 2 aliphatic heterocycles. The molecule has 9 rings (SSSR count). The van der Waals surface area contributed by atoms with E-state index in [1.165, 1.54) is 0 Å². The number of benzene rings is 7. The SMILES string of the molecule is O=C(OC[C@H]1O[C@@H](O)[C@H](OC(=O)c2ccccc2)[C@@H](OC(=O)c2ccccc2)[C@@H]1O[C@@H]1O[C@H](COCc2ccccc2)[C@H](OCc2ccccc2)[C@H](OCc2ccccc2)[C@H]1OCc1ccccc1)c1ccccc1. The molecule has 0 unspecified atom stereocenters. The van der Waals surface area contributed by atoms with Crippen molar-refractivity contribution in [3.05, 3.63) is 251 Å². The minimum absolute atomic E-state index is 0.0213. The van der Waals surface area contributed by atoms with Crippen LogP contribution in [0.15, 0.2) is 212 Å². The van der Waals surface area contributed by atoms with Gasteiger partial charge < -0.3 is 52.5 Å². The summed E-state index contributed by atoms with van der Waals surface area (Å²) < 4.78 is 65.8. The molecule has 75 heavy (non-hydrogen) atoms. The van der Waals surface area contributed by atoms with Crippen LogP contribution in [0.3, 0.4) is 0 Å². The van der Waals surface area contributed by atoms with E-state index >= 15 is 0 Å². The summed E-state index contributed by atoms with van der Waals surface area (Å²) in [5.41, 5.74) is 4.06. The summed E-state index contributed by atoms with van der Waals surface area (Å²) in [6, 6.07) is 63.2. The van der Waals surface area contributed by atoms with Crippen LogP contribution in [0.2, 0.25) is 0 Å². The number of esters is 3. The average molecular weight is 1020 g/mol. The van der Waals surface area contributed by atoms with Crippen molar-refractivity contribution in [3.63, 3.8) is 0 Å². The number of hydrogen-bond acceptors (Lipinski definition) is 14. The topological polar surface area (TPSA) is 164 Å². The summed E-state index contributed by atoms with van der Waals surface area (Å²) in [5, 5.41) is 11.9. The van der Waals surface area contributed by atoms with Gasteiger partial charge in [-0.3, -0.25) is 0 Å². The Kier molecular flexibility index (Phi) is 18.7. The third-order valence-corrected chi connectivity index (χ3v) is 12.6. The van der Waals surface area contributed by atoms with E-state index in [4.69, 9.17) is 47.4 Å². The third kappa shape index (κ3) is 14.5. The van der Waals surface area contributed by atoms with Gasteiger partial charge in [-0.15, -0.1) is 0 Å². The van der Waals surface area contributed by atoms with Crippen LogP contribution in [0.5, 0.6) is 0 Å². The van der Waals surface area contributed by atoms with Crippen molar-refractivity contribution in [3.8, 4) is 0 Å². The van der Waals surface area contributed by atoms with Gasteiger partial charge in [0.25, 0.3) is 0 Å². The Morgan fingerprint density at radius 3 is 1.21 bits per heavy atom. The molecule has 7 aromatic carbocycles. The van der Waals surface area contributed by atoms with Gasteiger partial charge in [0.15, 0.2) is 24.8 Å². The predicted octanol–water partition coefficient (Wildman–Crippen LogP) is 9.09. The Hall–Kier alpha value is -7.37. The van der Waals surface area contributed by atoms with Gasteiger partial charge in [-0.05, 0) is 58.7 Å². The van der Waals surface area contributed by atoms with Crippen molar-refractivity contribution in [1.29, 1.82) is 0 Å². The van der Waals surface area contributed by atoms with Gasteiger partial charge in [-0.1, -0.05) is 176 Å². The lowest BCUT2D eigenvalue weighted by Gasteiger charge is -2.49. The van der Waals surface area contributed by atoms with Crippen molar-refractivity contribution in [2.45, 2.75) is 87.8 Å². The number of aliphatic hydroxyl groups is 1. The molecule has 0 saturated carbocycles. The van der Waals surface area contributed by atoms with Crippen LogP contribution in [0.4, 0.5) is 0 Å². The third-order valence-electron chi connectivity index (χ3n) is 12.6. The van der Waals surface area contributed by atoms with Crippen LogP contribution in [0.25, 0.3) is 0 Å². The molecule has 2 fully saturated rings. The fraction of sp³-hybridized carbons (Fsp3) is 0.262. The molecule has 1 N–H and O–H groups in total. The summed E-state index contributed by atoms with van der Waals surface area (Å²) in [5.74, 6) is -2.39. The summed E-state index contributed by atoms with van der Waals surface area (Å²) in [6.07, 6.45) is -13.5. The van der Waals surface area contributed by atoms with Crippen LogP contribution in [0, 0.1) is 0 Å². The first-order chi connectivity index (χ1) is 36.9. The molecule has 2 saturated heterocycles. The normalized spacial score (nSPS) is 23.4. The minimum Gasteiger partial charge on any atom is -0.459 e. The zero-order valence-electron chi connectivity index (χ0n) is 41.0. The lowest BCUT2D eigenvalue weighted by atomic mass is 9.95. The fourth-order valence-corrected chi connectivity index (χ4v) is 8.81. The van der Waals surface area contributed by atoms with Gasteiger partial charge in [0.05, 0.1) is 49.7 Å². The van der Waals surface area contributed by atoms with Crippen LogP contribution >= 0.6 is 0 Å². The standard InChI is InChI=1S/C61H58O14/c62-57(46-30-16-5-17-31-46)70-41-50-52(54(73-58(63)47-32-18-6-19-33-47)55(60(65)71-50)74-59(64)48-34-20-7-21-35-48)75-61-56(69-39-45-28-14-4-15-29-45)53(68-38-44-26-12-3-13-27-44)51(67-37-43-24-10-2-11-25-43)49(72-61)40-66-36-42-22-8-1-9-23-42/h1-35,49-56,60-61,65H,36-41H2/t49-,50-,51+,52-,53+,54+,55-,56-,60-,61+/m1/s1. The molecule has 7 aromatic rings. The fourth-order valence-electron chi connectivity index (χ4n) is 8.81. The van der Waals surface area contributed by atoms with Gasteiger partial charge in [0, 0.05) is 0 Å². The lowest BCUT2D eigenvalue weighted by Crippen LogP contribution is -2.66. The molecular weight excluding hydrogens is 957 g/mol. The summed E-state index contributed by atoms with van der Waals surface area (Å²) in [7, 11) is 0. The Bertz CT molecular complexity index is 2810. The van der Waals surface area contributed by atoms with E-state index < -0.39 is 85.9 Å². The zero-order valence-corrected chi connectivity index (χ0v) is 41.0. The Morgan fingerprint density at radius 1 is 0.373 bits per heavy atom. The number of carbonyl (C=O) groups excluding carboxylic acids is 3. The molecule has 2 aliphatic rings. The lowest BCUT2D eigenvalue weighted by molar-refractivity contribution is -0.366. The maximum absolute atomic E-state index is 14.3. The van der Waals surface area contributed by atoms with Crippen LogP contribution in [-0.4, -0.2) is 97.6 Å². The first-order valence-corrected chi connectivity index (χ1v) is 24.8. The molecule has 386 valence electrons. The Morgan fingerprint density at radius 2 is 0.747 bits per heavy atom. The number of ether oxygens (including phenoxy) is 10. The van der Waals surface area contributed by atoms with E-state index in [1.807, 2.05) is 121 Å². The van der Waals surface area contributed by atoms with Gasteiger partial charge in [-0.25, -0.2) is 14.4 Å². The summed E-state index contributed by atoms with van der Waals surface area (Å²) in [6.45, 7) is 0.0288. The molecule has 0 aromatic heterocycles. The van der Waals surface area contributed by atoms with Gasteiger partial charge in [0.2, 0.25) is 0 Å². The van der Waals surface area contributed by atoms with Gasteiger partial charge in [0.1, 0.15) is 43.2 Å². The van der Waals surface area contributed by atoms with Crippen LogP contribution in [-0.2, 0) is 73.8 Å². The van der Waals surface area contributed by atoms with E-state index in [9.17, 15) is 19.5 Å². The Balaban J connectivity index is 1.13. The molecule has 10 atom stereocenters. The van der Waals surface area contributed by atoms with Crippen molar-refractivity contribution >= 4 is 17.9 Å². The van der Waals surface area contributed by atoms with Crippen LogP contribution in [0.1, 0.15) is 53.3 Å². The average Bonchev–Trinajstić information content (AvgIpc) is 3.46. The minimum atomic E-state index is -1.93. The molecule has 0 aliphatic carbocycles. The molecule has 0 bridgehead atoms. The molecular formula is C61H58O14. The first-order valence-electron chi connectivity index (χ1n) is 24.8. The number of rotatable bonds is 22. The van der Waals surface area contributed by atoms with E-state index in [0.29, 0.717) is 0 Å². The molecule has 0 amide bonds. The van der Waals surface area contributed by atoms with Gasteiger partial charge in [-0.2, -0.15) is 0 Å². The number of hydrogen-bond donors (Lipinski definition) is 1. The largest absolute Gasteiger partial charge is 0.459 e. The molecule has 14 heteroatoms. The maximum atomic E-state index is 14.3. The first kappa shape index (κ1) is 52.5. The molecule has 0 spiro atoms. The van der Waals surface area contributed by atoms with E-state index in [1.54, 1.807) is 91.0 Å². The maximum Gasteiger partial charge on any atom is 0.338 e. The Labute approximate surface area is 435 Å². The van der Waals surface area contributed by atoms with Crippen LogP contribution < -0.4 is 0 Å².